The zero-order valence-corrected chi connectivity index (χ0v) is 49.4. The van der Waals surface area contributed by atoms with Crippen LogP contribution in [0.3, 0.4) is 0 Å². The van der Waals surface area contributed by atoms with E-state index in [1.165, 1.54) is 78.9 Å². The van der Waals surface area contributed by atoms with E-state index in [0.29, 0.717) is 67.2 Å². The van der Waals surface area contributed by atoms with Gasteiger partial charge in [-0.15, -0.1) is 0 Å². The molecule has 0 unspecified atom stereocenters. The van der Waals surface area contributed by atoms with Gasteiger partial charge in [0, 0.05) is 29.2 Å². The van der Waals surface area contributed by atoms with Crippen molar-refractivity contribution in [1.29, 1.82) is 0 Å². The molecule has 83 heavy (non-hydrogen) atoms. The van der Waals surface area contributed by atoms with Crippen LogP contribution in [0.5, 0.6) is 0 Å². The predicted molar refractivity (Wildman–Crippen MR) is 333 cm³/mol. The fourth-order valence-corrected chi connectivity index (χ4v) is 14.4. The molecule has 9 amide bonds. The third-order valence-corrected chi connectivity index (χ3v) is 19.1. The van der Waals surface area contributed by atoms with E-state index in [-0.39, 0.29) is 94.6 Å². The first-order valence-corrected chi connectivity index (χ1v) is 31.4. The highest BCUT2D eigenvalue weighted by molar-refractivity contribution is 6.30. The smallest absolute Gasteiger partial charge is 0.325 e. The van der Waals surface area contributed by atoms with E-state index in [0.717, 1.165) is 89.0 Å². The first kappa shape index (κ1) is 72.6. The highest BCUT2D eigenvalue weighted by atomic mass is 35.5. The normalized spacial score (nSPS) is 23.4. The lowest BCUT2D eigenvalue weighted by Gasteiger charge is -2.31. The number of nitrogens with one attached hydrogen (secondary N) is 3. The molecule has 1 aromatic carbocycles. The molecule has 1 spiro atoms. The van der Waals surface area contributed by atoms with Gasteiger partial charge in [-0.1, -0.05) is 236 Å². The van der Waals surface area contributed by atoms with E-state index in [1.54, 1.807) is 12.1 Å². The molecule has 3 N–H and O–H groups in total. The van der Waals surface area contributed by atoms with Crippen molar-refractivity contribution in [3.8, 4) is 0 Å². The molecule has 1 aromatic rings. The Balaban J connectivity index is 0.000000320. The average Bonchev–Trinajstić information content (AvgIpc) is 3.04. The Morgan fingerprint density at radius 2 is 0.807 bits per heavy atom. The maximum atomic E-state index is 13.1. The van der Waals surface area contributed by atoms with E-state index in [9.17, 15) is 43.2 Å². The average molecular weight is 1180 g/mol. The number of benzene rings is 1. The Hall–Kier alpha value is -4.66. The Labute approximate surface area is 505 Å². The number of nitrogens with zero attached hydrogens (tertiary/aromatic N) is 3. The summed E-state index contributed by atoms with van der Waals surface area (Å²) in [6, 6.07) is 3.19. The summed E-state index contributed by atoms with van der Waals surface area (Å²) in [4.78, 5) is 120. The number of amides is 9. The Morgan fingerprint density at radius 3 is 1.18 bits per heavy atom. The summed E-state index contributed by atoms with van der Waals surface area (Å²) in [5, 5.41) is 9.23. The Bertz CT molecular complexity index is 2290. The number of hydrogen-bond donors (Lipinski definition) is 3. The quantitative estimate of drug-likeness (QED) is 0.113. The van der Waals surface area contributed by atoms with Crippen LogP contribution in [0, 0.1) is 41.4 Å². The Morgan fingerprint density at radius 1 is 0.470 bits per heavy atom. The summed E-state index contributed by atoms with van der Waals surface area (Å²) in [5.74, 6) is 0.678. The fraction of sp³-hybridized carbons (Fsp3) is 0.776. The second-order valence-electron chi connectivity index (χ2n) is 25.8. The summed E-state index contributed by atoms with van der Waals surface area (Å²) < 4.78 is 0. The van der Waals surface area contributed by atoms with Gasteiger partial charge in [0.1, 0.15) is 35.7 Å². The van der Waals surface area contributed by atoms with Crippen LogP contribution in [-0.4, -0.2) is 104 Å². The third kappa shape index (κ3) is 18.7. The molecule has 3 aliphatic heterocycles. The fourth-order valence-electron chi connectivity index (χ4n) is 14.3. The van der Waals surface area contributed by atoms with Crippen LogP contribution >= 0.6 is 11.6 Å². The second kappa shape index (κ2) is 33.9. The van der Waals surface area contributed by atoms with Crippen LogP contribution in [0.2, 0.25) is 5.02 Å². The third-order valence-electron chi connectivity index (χ3n) is 18.9. The van der Waals surface area contributed by atoms with Gasteiger partial charge in [-0.25, -0.2) is 14.4 Å². The molecule has 3 heterocycles. The first-order valence-electron chi connectivity index (χ1n) is 31.1. The highest BCUT2D eigenvalue weighted by Gasteiger charge is 2.56. The number of carbonyl (C=O) groups is 9. The molecule has 5 aliphatic carbocycles. The summed E-state index contributed by atoms with van der Waals surface area (Å²) in [6.45, 7) is 11.1. The van der Waals surface area contributed by atoms with Gasteiger partial charge in [0.25, 0.3) is 17.7 Å². The van der Waals surface area contributed by atoms with E-state index in [2.05, 4.69) is 16.0 Å². The first-order chi connectivity index (χ1) is 37.8. The van der Waals surface area contributed by atoms with Crippen molar-refractivity contribution in [3.63, 3.8) is 0 Å². The van der Waals surface area contributed by atoms with Crippen LogP contribution < -0.4 is 16.0 Å². The molecule has 9 rings (SSSR count). The topological polar surface area (TPSA) is 199 Å². The van der Waals surface area contributed by atoms with Gasteiger partial charge < -0.3 is 16.0 Å². The largest absolute Gasteiger partial charge is 0.326 e. The molecule has 8 fully saturated rings. The minimum absolute atomic E-state index is 0. The van der Waals surface area contributed by atoms with Gasteiger partial charge in [-0.05, 0) is 79.9 Å². The van der Waals surface area contributed by atoms with E-state index in [4.69, 9.17) is 11.6 Å². The maximum Gasteiger partial charge on any atom is 0.325 e. The number of urea groups is 3. The number of carbonyl (C=O) groups excluding carboxylic acids is 9. The Kier molecular flexibility index (Phi) is 29.6. The summed E-state index contributed by atoms with van der Waals surface area (Å²) >= 11 is 5.92. The molecule has 8 aliphatic rings. The lowest BCUT2D eigenvalue weighted by Crippen LogP contribution is -2.49. The highest BCUT2D eigenvalue weighted by Crippen LogP contribution is 2.39. The number of halogens is 1. The maximum absolute atomic E-state index is 13.1. The van der Waals surface area contributed by atoms with Crippen molar-refractivity contribution < 1.29 is 43.2 Å². The minimum atomic E-state index is -0.723. The zero-order chi connectivity index (χ0) is 57.0. The lowest BCUT2D eigenvalue weighted by atomic mass is 9.82. The van der Waals surface area contributed by atoms with Crippen LogP contribution in [0.15, 0.2) is 24.3 Å². The van der Waals surface area contributed by atoms with Crippen molar-refractivity contribution in [2.24, 2.45) is 41.4 Å². The van der Waals surface area contributed by atoms with E-state index in [1.807, 2.05) is 53.7 Å². The monoisotopic (exact) mass is 1180 g/mol. The molecule has 3 saturated heterocycles. The van der Waals surface area contributed by atoms with Crippen LogP contribution in [0.25, 0.3) is 0 Å². The predicted octanol–water partition coefficient (Wildman–Crippen LogP) is 14.8. The standard InChI is InChI=1S/C22H29ClN2O3.C22H36N2O3.C19H30N2O3.4CH4/c1-14(2)20(26)19(13-15-6-4-3-5-7-15)25-21(27)18(24-22(25)28)12-16-8-10-17(23)11-9-16;1-15(2)20(25)19(14-17-11-7-4-8-12-17)24-21(26)18(23-22(24)27)13-16-9-5-3-6-10-16;1-13(2)16(22)15(12-14-8-4-3-5-9-14)21-17(23)19(20-18(21)24)10-6-7-11-19;;;;/h8-11,14-15,18-19H,3-7,12-13H2,1-2H3,(H,24,28);15-19H,3-14H2,1-2H3,(H,23,27);13-15H,3-12H2,1-2H3,(H,20,24);4*1H4/t2*18-,19-;15-;;;;/m000..../s1. The van der Waals surface area contributed by atoms with Crippen molar-refractivity contribution in [3.05, 3.63) is 34.9 Å². The molecular weight excluding hydrogens is 1070 g/mol. The summed E-state index contributed by atoms with van der Waals surface area (Å²) in [7, 11) is 0. The number of Topliss-reactive ketones (excluding diaryl/α,β-unsaturated/α-hetero) is 3. The molecule has 0 radical (unpaired) electrons. The van der Waals surface area contributed by atoms with Crippen LogP contribution in [0.4, 0.5) is 14.4 Å². The van der Waals surface area contributed by atoms with Crippen LogP contribution in [-0.2, 0) is 35.2 Å². The number of imide groups is 3. The van der Waals surface area contributed by atoms with Gasteiger partial charge >= 0.3 is 18.1 Å². The molecule has 5 atom stereocenters. The van der Waals surface area contributed by atoms with Crippen LogP contribution in [0.1, 0.15) is 257 Å². The number of ketones is 3. The van der Waals surface area contributed by atoms with Gasteiger partial charge in [0.2, 0.25) is 0 Å². The molecule has 0 aromatic heterocycles. The molecule has 5 saturated carbocycles. The van der Waals surface area contributed by atoms with E-state index >= 15 is 0 Å². The number of hydrogen-bond acceptors (Lipinski definition) is 9. The second-order valence-corrected chi connectivity index (χ2v) is 26.3. The molecule has 15 nitrogen and oxygen atoms in total. The molecular formula is C67H111ClN6O9. The van der Waals surface area contributed by atoms with Gasteiger partial charge in [-0.2, -0.15) is 0 Å². The molecule has 16 heteroatoms. The summed E-state index contributed by atoms with van der Waals surface area (Å²) in [6.07, 6.45) is 29.8. The molecule has 0 bridgehead atoms. The molecule has 470 valence electrons. The van der Waals surface area contributed by atoms with Gasteiger partial charge in [-0.3, -0.25) is 43.5 Å². The van der Waals surface area contributed by atoms with Crippen molar-refractivity contribution in [2.45, 2.75) is 293 Å². The minimum Gasteiger partial charge on any atom is -0.326 e. The number of rotatable bonds is 19. The zero-order valence-electron chi connectivity index (χ0n) is 48.6. The van der Waals surface area contributed by atoms with Gasteiger partial charge in [0.05, 0.1) is 0 Å². The SMILES string of the molecule is C.C.C.C.CC(C)C(=O)[C@H](CC1CCCCC1)N1C(=O)NC2(CCCC2)C1=O.CC(C)C(=O)[C@H](CC1CCCCC1)N1C(=O)N[C@@H](CC2CCCCC2)C1=O.CC(C)C(=O)[C@H](CC1CCCCC1)N1C(=O)N[C@@H](Cc2ccc(Cl)cc2)C1=O. The van der Waals surface area contributed by atoms with E-state index < -0.39 is 41.8 Å². The lowest BCUT2D eigenvalue weighted by molar-refractivity contribution is -0.139. The van der Waals surface area contributed by atoms with Crippen molar-refractivity contribution >= 4 is 64.8 Å². The summed E-state index contributed by atoms with van der Waals surface area (Å²) in [5.41, 5.74) is 0.197. The van der Waals surface area contributed by atoms with Crippen molar-refractivity contribution in [2.75, 3.05) is 0 Å². The van der Waals surface area contributed by atoms with Gasteiger partial charge in [0.15, 0.2) is 17.3 Å². The van der Waals surface area contributed by atoms with Crippen molar-refractivity contribution in [1.82, 2.24) is 30.7 Å².